The van der Waals surface area contributed by atoms with Crippen LogP contribution in [-0.2, 0) is 0 Å². The maximum absolute atomic E-state index is 3.69. The molecule has 0 saturated heterocycles. The summed E-state index contributed by atoms with van der Waals surface area (Å²) >= 11 is 0. The van der Waals surface area contributed by atoms with Gasteiger partial charge in [0.05, 0.1) is 0 Å². The molecule has 0 aromatic heterocycles. The first-order valence-electron chi connectivity index (χ1n) is 3.25. The predicted octanol–water partition coefficient (Wildman–Crippen LogP) is 1.75. The van der Waals surface area contributed by atoms with E-state index in [0.717, 1.165) is 12.3 Å². The minimum Gasteiger partial charge on any atom is -0.103 e. The van der Waals surface area contributed by atoms with E-state index in [9.17, 15) is 0 Å². The molecule has 0 bridgehead atoms. The highest BCUT2D eigenvalue weighted by Gasteiger charge is 2.42. The summed E-state index contributed by atoms with van der Waals surface area (Å²) in [5.74, 6) is 7.48. The predicted molar refractivity (Wildman–Crippen MR) is 37.7 cm³/mol. The van der Waals surface area contributed by atoms with Crippen LogP contribution in [-0.4, -0.2) is 0 Å². The van der Waals surface area contributed by atoms with Crippen molar-refractivity contribution in [3.8, 4) is 11.8 Å². The van der Waals surface area contributed by atoms with Gasteiger partial charge in [-0.3, -0.25) is 0 Å². The Morgan fingerprint density at radius 1 is 1.78 bits per heavy atom. The second kappa shape index (κ2) is 1.51. The molecule has 0 aromatic carbocycles. The molecule has 2 atom stereocenters. The minimum absolute atomic E-state index is 0.628. The number of allylic oxidation sites excluding steroid dienone is 3. The Hall–Kier alpha value is -0.960. The van der Waals surface area contributed by atoms with E-state index in [1.54, 1.807) is 0 Å². The highest BCUT2D eigenvalue weighted by atomic mass is 14.4. The van der Waals surface area contributed by atoms with Crippen molar-refractivity contribution in [2.24, 2.45) is 11.8 Å². The molecule has 2 aliphatic rings. The molecule has 0 amide bonds. The lowest BCUT2D eigenvalue weighted by molar-refractivity contribution is 0.829. The molecule has 44 valence electrons. The van der Waals surface area contributed by atoms with Crippen LogP contribution in [0.2, 0.25) is 0 Å². The normalized spacial score (nSPS) is 34.0. The minimum atomic E-state index is 0.628. The smallest absolute Gasteiger partial charge is 0.0497 e. The standard InChI is InChI=1S/C9H8/c1-2-4-7-8-5-3-6-9(7)8/h2,5,7,9H,1,4H2. The van der Waals surface area contributed by atoms with E-state index in [1.807, 2.05) is 6.08 Å². The zero-order chi connectivity index (χ0) is 6.27. The van der Waals surface area contributed by atoms with Gasteiger partial charge in [-0.2, -0.15) is 0 Å². The monoisotopic (exact) mass is 116 g/mol. The number of hydrogen-bond acceptors (Lipinski definition) is 0. The fourth-order valence-corrected chi connectivity index (χ4v) is 1.39. The van der Waals surface area contributed by atoms with Crippen molar-refractivity contribution < 1.29 is 0 Å². The molecule has 0 aliphatic heterocycles. The third-order valence-electron chi connectivity index (χ3n) is 1.98. The fraction of sp³-hybridized carbons (Fsp3) is 0.333. The summed E-state index contributed by atoms with van der Waals surface area (Å²) in [6.07, 6.45) is 5.15. The van der Waals surface area contributed by atoms with Crippen LogP contribution in [0.25, 0.3) is 0 Å². The van der Waals surface area contributed by atoms with Crippen molar-refractivity contribution in [2.45, 2.75) is 6.42 Å². The van der Waals surface area contributed by atoms with Crippen molar-refractivity contribution >= 4 is 0 Å². The SMILES string of the molecule is C=CCC1C2=CC#CC21. The van der Waals surface area contributed by atoms with Crippen LogP contribution in [0.5, 0.6) is 0 Å². The Morgan fingerprint density at radius 3 is 3.22 bits per heavy atom. The van der Waals surface area contributed by atoms with Gasteiger partial charge >= 0.3 is 0 Å². The second-order valence-corrected chi connectivity index (χ2v) is 2.54. The Bertz CT molecular complexity index is 234. The molecule has 1 saturated carbocycles. The zero-order valence-corrected chi connectivity index (χ0v) is 5.22. The molecule has 0 N–H and O–H groups in total. The van der Waals surface area contributed by atoms with E-state index in [1.165, 1.54) is 5.57 Å². The molecule has 2 rings (SSSR count). The molecule has 2 aliphatic carbocycles. The molecule has 0 radical (unpaired) electrons. The molecule has 0 nitrogen and oxygen atoms in total. The van der Waals surface area contributed by atoms with Gasteiger partial charge in [-0.15, -0.1) is 6.58 Å². The highest BCUT2D eigenvalue weighted by molar-refractivity contribution is 5.50. The van der Waals surface area contributed by atoms with Gasteiger partial charge in [-0.25, -0.2) is 0 Å². The number of rotatable bonds is 2. The summed E-state index contributed by atoms with van der Waals surface area (Å²) in [6, 6.07) is 0. The third kappa shape index (κ3) is 0.549. The lowest BCUT2D eigenvalue weighted by Crippen LogP contribution is -1.75. The summed E-state index contributed by atoms with van der Waals surface area (Å²) in [6.45, 7) is 3.69. The van der Waals surface area contributed by atoms with Gasteiger partial charge in [0.15, 0.2) is 0 Å². The average Bonchev–Trinajstić information content (AvgIpc) is 2.39. The third-order valence-corrected chi connectivity index (χ3v) is 1.98. The van der Waals surface area contributed by atoms with Gasteiger partial charge in [0.25, 0.3) is 0 Å². The number of fused-ring (bicyclic) bond motifs is 1. The van der Waals surface area contributed by atoms with E-state index in [0.29, 0.717) is 5.92 Å². The van der Waals surface area contributed by atoms with E-state index in [2.05, 4.69) is 24.5 Å². The largest absolute Gasteiger partial charge is 0.103 e. The Morgan fingerprint density at radius 2 is 2.67 bits per heavy atom. The summed E-state index contributed by atoms with van der Waals surface area (Å²) in [5.41, 5.74) is 1.51. The molecule has 0 aromatic rings. The fourth-order valence-electron chi connectivity index (χ4n) is 1.39. The molecular weight excluding hydrogens is 108 g/mol. The van der Waals surface area contributed by atoms with Crippen LogP contribution in [0.4, 0.5) is 0 Å². The van der Waals surface area contributed by atoms with Crippen LogP contribution in [0.1, 0.15) is 6.42 Å². The lowest BCUT2D eigenvalue weighted by atomic mass is 10.2. The van der Waals surface area contributed by atoms with Crippen LogP contribution < -0.4 is 0 Å². The topological polar surface area (TPSA) is 0 Å². The van der Waals surface area contributed by atoms with Crippen molar-refractivity contribution in [3.63, 3.8) is 0 Å². The van der Waals surface area contributed by atoms with Crippen LogP contribution in [0, 0.1) is 23.7 Å². The average molecular weight is 116 g/mol. The number of hydrogen-bond donors (Lipinski definition) is 0. The molecule has 2 unspecified atom stereocenters. The van der Waals surface area contributed by atoms with Gasteiger partial charge in [-0.1, -0.05) is 17.9 Å². The Kier molecular flexibility index (Phi) is 0.818. The van der Waals surface area contributed by atoms with Gasteiger partial charge in [0.2, 0.25) is 0 Å². The highest BCUT2D eigenvalue weighted by Crippen LogP contribution is 2.49. The molecule has 9 heavy (non-hydrogen) atoms. The van der Waals surface area contributed by atoms with Crippen molar-refractivity contribution in [1.82, 2.24) is 0 Å². The van der Waals surface area contributed by atoms with Crippen LogP contribution >= 0.6 is 0 Å². The molecule has 1 fully saturated rings. The van der Waals surface area contributed by atoms with Crippen LogP contribution in [0.15, 0.2) is 24.3 Å². The summed E-state index contributed by atoms with van der Waals surface area (Å²) in [4.78, 5) is 0. The van der Waals surface area contributed by atoms with E-state index >= 15 is 0 Å². The molecular formula is C9H8. The van der Waals surface area contributed by atoms with Gasteiger partial charge in [0.1, 0.15) is 0 Å². The van der Waals surface area contributed by atoms with Gasteiger partial charge in [-0.05, 0) is 18.1 Å². The molecule has 0 heteroatoms. The first-order valence-corrected chi connectivity index (χ1v) is 3.25. The lowest BCUT2D eigenvalue weighted by Gasteiger charge is -1.83. The zero-order valence-electron chi connectivity index (χ0n) is 5.22. The maximum Gasteiger partial charge on any atom is 0.0497 e. The van der Waals surface area contributed by atoms with E-state index < -0.39 is 0 Å². The Balaban J connectivity index is 2.07. The van der Waals surface area contributed by atoms with E-state index in [4.69, 9.17) is 0 Å². The van der Waals surface area contributed by atoms with Crippen LogP contribution in [0.3, 0.4) is 0 Å². The molecule has 0 heterocycles. The maximum atomic E-state index is 3.69. The van der Waals surface area contributed by atoms with E-state index in [-0.39, 0.29) is 0 Å². The first kappa shape index (κ1) is 4.88. The van der Waals surface area contributed by atoms with Crippen molar-refractivity contribution in [3.05, 3.63) is 24.3 Å². The molecule has 0 spiro atoms. The quantitative estimate of drug-likeness (QED) is 0.381. The van der Waals surface area contributed by atoms with Gasteiger partial charge < -0.3 is 0 Å². The Labute approximate surface area is 55.3 Å². The van der Waals surface area contributed by atoms with Crippen molar-refractivity contribution in [2.75, 3.05) is 0 Å². The summed E-state index contributed by atoms with van der Waals surface area (Å²) < 4.78 is 0. The van der Waals surface area contributed by atoms with Gasteiger partial charge in [0, 0.05) is 11.8 Å². The summed E-state index contributed by atoms with van der Waals surface area (Å²) in [7, 11) is 0. The first-order chi connectivity index (χ1) is 4.43. The second-order valence-electron chi connectivity index (χ2n) is 2.54. The summed E-state index contributed by atoms with van der Waals surface area (Å²) in [5, 5.41) is 0. The van der Waals surface area contributed by atoms with Crippen molar-refractivity contribution in [1.29, 1.82) is 0 Å².